The van der Waals surface area contributed by atoms with Crippen molar-refractivity contribution >= 4 is 10.0 Å². The van der Waals surface area contributed by atoms with Crippen molar-refractivity contribution in [1.82, 2.24) is 4.72 Å². The van der Waals surface area contributed by atoms with E-state index in [0.29, 0.717) is 36.0 Å². The van der Waals surface area contributed by atoms with Crippen molar-refractivity contribution in [2.75, 3.05) is 12.3 Å². The van der Waals surface area contributed by atoms with Crippen molar-refractivity contribution in [2.24, 2.45) is 23.7 Å². The van der Waals surface area contributed by atoms with Gasteiger partial charge in [0.25, 0.3) is 0 Å². The lowest BCUT2D eigenvalue weighted by atomic mass is 9.86. The second-order valence-corrected chi connectivity index (χ2v) is 7.58. The molecule has 0 aromatic rings. The van der Waals surface area contributed by atoms with Gasteiger partial charge in [-0.15, -0.1) is 0 Å². The van der Waals surface area contributed by atoms with Crippen molar-refractivity contribution < 1.29 is 8.42 Å². The predicted molar refractivity (Wildman–Crippen MR) is 67.7 cm³/mol. The van der Waals surface area contributed by atoms with Crippen molar-refractivity contribution in [3.05, 3.63) is 0 Å². The second kappa shape index (κ2) is 5.50. The molecule has 0 spiro atoms. The Morgan fingerprint density at radius 3 is 2.00 bits per heavy atom. The number of hydrogen-bond donors (Lipinski definition) is 1. The van der Waals surface area contributed by atoms with E-state index in [9.17, 15) is 8.42 Å². The molecule has 0 unspecified atom stereocenters. The van der Waals surface area contributed by atoms with Crippen molar-refractivity contribution in [1.29, 1.82) is 0 Å². The summed E-state index contributed by atoms with van der Waals surface area (Å²) in [6.07, 6.45) is 2.16. The molecule has 96 valence electrons. The summed E-state index contributed by atoms with van der Waals surface area (Å²) in [5.41, 5.74) is 0. The van der Waals surface area contributed by atoms with Crippen LogP contribution in [0.4, 0.5) is 0 Å². The van der Waals surface area contributed by atoms with Gasteiger partial charge in [-0.05, 0) is 36.5 Å². The summed E-state index contributed by atoms with van der Waals surface area (Å²) in [5, 5.41) is 0. The molecule has 1 fully saturated rings. The molecule has 1 aliphatic carbocycles. The predicted octanol–water partition coefficient (Wildman–Crippen LogP) is 2.24. The van der Waals surface area contributed by atoms with Crippen LogP contribution in [0.25, 0.3) is 0 Å². The van der Waals surface area contributed by atoms with Gasteiger partial charge in [-0.2, -0.15) is 0 Å². The first-order valence-corrected chi connectivity index (χ1v) is 7.94. The average molecular weight is 247 g/mol. The number of rotatable bonds is 7. The van der Waals surface area contributed by atoms with Gasteiger partial charge in [0.05, 0.1) is 5.75 Å². The van der Waals surface area contributed by atoms with Crippen LogP contribution in [0.5, 0.6) is 0 Å². The fourth-order valence-electron chi connectivity index (χ4n) is 2.12. The Balaban J connectivity index is 2.41. The fraction of sp³-hybridized carbons (Fsp3) is 1.00. The highest BCUT2D eigenvalue weighted by Crippen LogP contribution is 2.30. The summed E-state index contributed by atoms with van der Waals surface area (Å²) in [7, 11) is -3.03. The fourth-order valence-corrected chi connectivity index (χ4v) is 3.64. The first-order valence-electron chi connectivity index (χ1n) is 6.29. The summed E-state index contributed by atoms with van der Waals surface area (Å²) in [6.45, 7) is 9.20. The minimum absolute atomic E-state index is 0.329. The maximum absolute atomic E-state index is 11.7. The topological polar surface area (TPSA) is 46.2 Å². The quantitative estimate of drug-likeness (QED) is 0.750. The van der Waals surface area contributed by atoms with Gasteiger partial charge in [-0.3, -0.25) is 0 Å². The molecular weight excluding hydrogens is 222 g/mol. The Bertz CT molecular complexity index is 297. The average Bonchev–Trinajstić information content (AvgIpc) is 2.85. The third kappa shape index (κ3) is 4.83. The van der Waals surface area contributed by atoms with Gasteiger partial charge in [-0.25, -0.2) is 13.1 Å². The Hall–Kier alpha value is -0.0900. The summed E-state index contributed by atoms with van der Waals surface area (Å²) in [6, 6.07) is 0. The molecule has 0 aliphatic heterocycles. The Morgan fingerprint density at radius 2 is 1.62 bits per heavy atom. The Morgan fingerprint density at radius 1 is 1.12 bits per heavy atom. The molecule has 16 heavy (non-hydrogen) atoms. The second-order valence-electron chi connectivity index (χ2n) is 5.73. The zero-order valence-electron chi connectivity index (χ0n) is 10.9. The monoisotopic (exact) mass is 247 g/mol. The molecule has 0 amide bonds. The van der Waals surface area contributed by atoms with E-state index < -0.39 is 10.0 Å². The van der Waals surface area contributed by atoms with Crippen molar-refractivity contribution in [3.8, 4) is 0 Å². The molecule has 0 atom stereocenters. The smallest absolute Gasteiger partial charge is 0.211 e. The molecule has 0 saturated heterocycles. The SMILES string of the molecule is CC(C)C(CNS(=O)(=O)CC1CC1)C(C)C. The van der Waals surface area contributed by atoms with E-state index in [0.717, 1.165) is 12.8 Å². The number of sulfonamides is 1. The van der Waals surface area contributed by atoms with E-state index in [1.165, 1.54) is 0 Å². The summed E-state index contributed by atoms with van der Waals surface area (Å²) in [4.78, 5) is 0. The maximum atomic E-state index is 11.7. The van der Waals surface area contributed by atoms with E-state index in [1.807, 2.05) is 0 Å². The van der Waals surface area contributed by atoms with Crippen LogP contribution >= 0.6 is 0 Å². The molecule has 0 bridgehead atoms. The van der Waals surface area contributed by atoms with Gasteiger partial charge < -0.3 is 0 Å². The normalized spacial score (nSPS) is 17.7. The van der Waals surface area contributed by atoms with Crippen LogP contribution in [0.2, 0.25) is 0 Å². The van der Waals surface area contributed by atoms with E-state index >= 15 is 0 Å². The molecule has 1 saturated carbocycles. The first-order chi connectivity index (χ1) is 7.32. The third-order valence-electron chi connectivity index (χ3n) is 3.40. The molecule has 1 rings (SSSR count). The van der Waals surface area contributed by atoms with E-state index in [2.05, 4.69) is 32.4 Å². The van der Waals surface area contributed by atoms with Crippen LogP contribution in [0, 0.1) is 23.7 Å². The molecule has 4 heteroatoms. The van der Waals surface area contributed by atoms with Crippen LogP contribution in [0.1, 0.15) is 40.5 Å². The molecule has 3 nitrogen and oxygen atoms in total. The van der Waals surface area contributed by atoms with Crippen molar-refractivity contribution in [3.63, 3.8) is 0 Å². The van der Waals surface area contributed by atoms with Gasteiger partial charge in [0.1, 0.15) is 0 Å². The number of nitrogens with one attached hydrogen (secondary N) is 1. The summed E-state index contributed by atoms with van der Waals surface area (Å²) in [5.74, 6) is 2.21. The van der Waals surface area contributed by atoms with Crippen LogP contribution in [0.15, 0.2) is 0 Å². The molecule has 0 aromatic carbocycles. The highest BCUT2D eigenvalue weighted by Gasteiger charge is 2.28. The van der Waals surface area contributed by atoms with Gasteiger partial charge in [0, 0.05) is 6.54 Å². The minimum Gasteiger partial charge on any atom is -0.215 e. The Labute approximate surface area is 100 Å². The zero-order chi connectivity index (χ0) is 12.3. The highest BCUT2D eigenvalue weighted by atomic mass is 32.2. The molecule has 0 aromatic heterocycles. The Kier molecular flexibility index (Phi) is 4.80. The molecular formula is C12H25NO2S. The van der Waals surface area contributed by atoms with Gasteiger partial charge >= 0.3 is 0 Å². The molecule has 0 radical (unpaired) electrons. The van der Waals surface area contributed by atoms with Crippen molar-refractivity contribution in [2.45, 2.75) is 40.5 Å². The lowest BCUT2D eigenvalue weighted by Crippen LogP contribution is -2.35. The van der Waals surface area contributed by atoms with Gasteiger partial charge in [0.2, 0.25) is 10.0 Å². The minimum atomic E-state index is -3.03. The van der Waals surface area contributed by atoms with Crippen LogP contribution in [-0.4, -0.2) is 20.7 Å². The number of hydrogen-bond acceptors (Lipinski definition) is 2. The molecule has 1 aliphatic rings. The summed E-state index contributed by atoms with van der Waals surface area (Å²) >= 11 is 0. The standard InChI is InChI=1S/C12H25NO2S/c1-9(2)12(10(3)4)7-13-16(14,15)8-11-5-6-11/h9-13H,5-8H2,1-4H3. The lowest BCUT2D eigenvalue weighted by Gasteiger charge is -2.24. The first kappa shape index (κ1) is 14.0. The molecule has 1 N–H and O–H groups in total. The van der Waals surface area contributed by atoms with Crippen LogP contribution in [-0.2, 0) is 10.0 Å². The van der Waals surface area contributed by atoms with E-state index in [-0.39, 0.29) is 0 Å². The van der Waals surface area contributed by atoms with Crippen LogP contribution in [0.3, 0.4) is 0 Å². The summed E-state index contributed by atoms with van der Waals surface area (Å²) < 4.78 is 26.2. The largest absolute Gasteiger partial charge is 0.215 e. The van der Waals surface area contributed by atoms with Gasteiger partial charge in [0.15, 0.2) is 0 Å². The van der Waals surface area contributed by atoms with Gasteiger partial charge in [-0.1, -0.05) is 27.7 Å². The highest BCUT2D eigenvalue weighted by molar-refractivity contribution is 7.89. The zero-order valence-corrected chi connectivity index (χ0v) is 11.7. The lowest BCUT2D eigenvalue weighted by molar-refractivity contribution is 0.289. The third-order valence-corrected chi connectivity index (χ3v) is 4.92. The maximum Gasteiger partial charge on any atom is 0.211 e. The van der Waals surface area contributed by atoms with Crippen LogP contribution < -0.4 is 4.72 Å². The molecule has 0 heterocycles. The van der Waals surface area contributed by atoms with E-state index in [4.69, 9.17) is 0 Å². The van der Waals surface area contributed by atoms with E-state index in [1.54, 1.807) is 0 Å².